The van der Waals surface area contributed by atoms with Crippen LogP contribution in [0.1, 0.15) is 63.4 Å². The molecule has 0 bridgehead atoms. The molecule has 3 N–H and O–H groups in total. The molecule has 0 amide bonds. The molecule has 1 saturated heterocycles. The normalized spacial score (nSPS) is 32.8. The maximum absolute atomic E-state index is 12.5. The fourth-order valence-electron chi connectivity index (χ4n) is 5.93. The predicted octanol–water partition coefficient (Wildman–Crippen LogP) is 3.08. The SMILES string of the molecule is CN(C)C1(c2ccccc2)CCC2(CC1)C[C@@H](C(CC1CCC1)C(=O)C(=O)O)NN2. The predicted molar refractivity (Wildman–Crippen MR) is 116 cm³/mol. The first-order chi connectivity index (χ1) is 14.4. The first-order valence-electron chi connectivity index (χ1n) is 11.4. The second kappa shape index (κ2) is 8.40. The lowest BCUT2D eigenvalue weighted by molar-refractivity contribution is -0.152. The molecule has 0 aromatic heterocycles. The van der Waals surface area contributed by atoms with Crippen molar-refractivity contribution in [3.8, 4) is 0 Å². The number of hydrogen-bond acceptors (Lipinski definition) is 5. The number of carboxylic acids is 1. The Labute approximate surface area is 179 Å². The zero-order valence-electron chi connectivity index (χ0n) is 18.2. The van der Waals surface area contributed by atoms with Gasteiger partial charge in [0.25, 0.3) is 0 Å². The van der Waals surface area contributed by atoms with Gasteiger partial charge in [-0.2, -0.15) is 0 Å². The topological polar surface area (TPSA) is 81.7 Å². The molecule has 1 unspecified atom stereocenters. The van der Waals surface area contributed by atoms with Crippen molar-refractivity contribution in [2.75, 3.05) is 14.1 Å². The van der Waals surface area contributed by atoms with Crippen LogP contribution in [0.25, 0.3) is 0 Å². The Morgan fingerprint density at radius 2 is 1.80 bits per heavy atom. The summed E-state index contributed by atoms with van der Waals surface area (Å²) in [6, 6.07) is 10.6. The first kappa shape index (κ1) is 21.5. The summed E-state index contributed by atoms with van der Waals surface area (Å²) < 4.78 is 0. The standard InChI is InChI=1S/C24H35N3O3/c1-27(2)24(18-9-4-3-5-10-18)13-11-23(12-14-24)16-20(25-26-23)19(21(28)22(29)30)15-17-7-6-8-17/h3-5,9-10,17,19-20,25-26H,6-8,11-16H2,1-2H3,(H,29,30)/t19?,20-,23?,24?/m0/s1. The molecular weight excluding hydrogens is 378 g/mol. The van der Waals surface area contributed by atoms with E-state index in [1.54, 1.807) is 0 Å². The van der Waals surface area contributed by atoms with Gasteiger partial charge in [-0.1, -0.05) is 49.6 Å². The smallest absolute Gasteiger partial charge is 0.372 e. The second-order valence-corrected chi connectivity index (χ2v) is 9.96. The average Bonchev–Trinajstić information content (AvgIpc) is 3.11. The molecule has 0 radical (unpaired) electrons. The molecule has 1 aromatic carbocycles. The van der Waals surface area contributed by atoms with E-state index in [9.17, 15) is 14.7 Å². The molecule has 1 heterocycles. The summed E-state index contributed by atoms with van der Waals surface area (Å²) in [7, 11) is 4.32. The van der Waals surface area contributed by atoms with Crippen LogP contribution in [-0.4, -0.2) is 47.4 Å². The molecule has 2 saturated carbocycles. The van der Waals surface area contributed by atoms with Crippen LogP contribution in [0.3, 0.4) is 0 Å². The van der Waals surface area contributed by atoms with E-state index in [1.807, 2.05) is 0 Å². The number of hydrogen-bond donors (Lipinski definition) is 3. The summed E-state index contributed by atoms with van der Waals surface area (Å²) in [4.78, 5) is 26.3. The van der Waals surface area contributed by atoms with Crippen LogP contribution in [0.2, 0.25) is 0 Å². The Balaban J connectivity index is 1.47. The van der Waals surface area contributed by atoms with Crippen molar-refractivity contribution in [3.05, 3.63) is 35.9 Å². The van der Waals surface area contributed by atoms with Gasteiger partial charge >= 0.3 is 5.97 Å². The largest absolute Gasteiger partial charge is 0.475 e. The number of nitrogens with one attached hydrogen (secondary N) is 2. The van der Waals surface area contributed by atoms with Crippen LogP contribution in [0.15, 0.2) is 30.3 Å². The van der Waals surface area contributed by atoms with Crippen molar-refractivity contribution in [1.82, 2.24) is 15.8 Å². The van der Waals surface area contributed by atoms with Crippen LogP contribution in [-0.2, 0) is 15.1 Å². The Bertz CT molecular complexity index is 767. The molecule has 4 rings (SSSR count). The van der Waals surface area contributed by atoms with E-state index in [-0.39, 0.29) is 17.1 Å². The van der Waals surface area contributed by atoms with Crippen molar-refractivity contribution in [1.29, 1.82) is 0 Å². The van der Waals surface area contributed by atoms with Gasteiger partial charge in [0.1, 0.15) is 0 Å². The number of carboxylic acid groups (broad SMARTS) is 1. The highest BCUT2D eigenvalue weighted by Crippen LogP contribution is 2.47. The van der Waals surface area contributed by atoms with Gasteiger partial charge < -0.3 is 5.11 Å². The molecular formula is C24H35N3O3. The van der Waals surface area contributed by atoms with Crippen LogP contribution >= 0.6 is 0 Å². The summed E-state index contributed by atoms with van der Waals surface area (Å²) >= 11 is 0. The third-order valence-corrected chi connectivity index (χ3v) is 8.18. The first-order valence-corrected chi connectivity index (χ1v) is 11.4. The van der Waals surface area contributed by atoms with Gasteiger partial charge in [0.2, 0.25) is 5.78 Å². The third-order valence-electron chi connectivity index (χ3n) is 8.18. The van der Waals surface area contributed by atoms with Gasteiger partial charge in [-0.15, -0.1) is 0 Å². The van der Waals surface area contributed by atoms with Crippen molar-refractivity contribution >= 4 is 11.8 Å². The van der Waals surface area contributed by atoms with Gasteiger partial charge in [-0.05, 0) is 64.1 Å². The van der Waals surface area contributed by atoms with Gasteiger partial charge in [0, 0.05) is 23.0 Å². The van der Waals surface area contributed by atoms with Gasteiger partial charge in [0.05, 0.1) is 0 Å². The molecule has 1 aromatic rings. The monoisotopic (exact) mass is 413 g/mol. The summed E-state index contributed by atoms with van der Waals surface area (Å²) in [5, 5.41) is 9.37. The molecule has 6 heteroatoms. The minimum atomic E-state index is -1.29. The number of carbonyl (C=O) groups is 2. The number of aliphatic carboxylic acids is 1. The van der Waals surface area contributed by atoms with E-state index < -0.39 is 17.7 Å². The summed E-state index contributed by atoms with van der Waals surface area (Å²) in [5.41, 5.74) is 8.20. The Hall–Kier alpha value is -1.76. The zero-order chi connectivity index (χ0) is 21.4. The molecule has 3 aliphatic rings. The lowest BCUT2D eigenvalue weighted by Crippen LogP contribution is -2.53. The molecule has 2 aliphatic carbocycles. The molecule has 1 spiro atoms. The summed E-state index contributed by atoms with van der Waals surface area (Å²) in [5.74, 6) is -1.85. The van der Waals surface area contributed by atoms with Gasteiger partial charge in [0.15, 0.2) is 0 Å². The Kier molecular flexibility index (Phi) is 6.02. The molecule has 6 nitrogen and oxygen atoms in total. The highest BCUT2D eigenvalue weighted by Gasteiger charge is 2.50. The molecule has 30 heavy (non-hydrogen) atoms. The average molecular weight is 414 g/mol. The fourth-order valence-corrected chi connectivity index (χ4v) is 5.93. The van der Waals surface area contributed by atoms with E-state index in [4.69, 9.17) is 0 Å². The van der Waals surface area contributed by atoms with Crippen LogP contribution < -0.4 is 10.9 Å². The van der Waals surface area contributed by atoms with Gasteiger partial charge in [-0.3, -0.25) is 20.5 Å². The minimum absolute atomic E-state index is 0.0223. The molecule has 2 atom stereocenters. The number of nitrogens with zero attached hydrogens (tertiary/aromatic N) is 1. The van der Waals surface area contributed by atoms with Gasteiger partial charge in [-0.25, -0.2) is 4.79 Å². The Morgan fingerprint density at radius 3 is 2.33 bits per heavy atom. The zero-order valence-corrected chi connectivity index (χ0v) is 18.2. The lowest BCUT2D eigenvalue weighted by Gasteiger charge is -2.49. The maximum Gasteiger partial charge on any atom is 0.372 e. The molecule has 164 valence electrons. The number of ketones is 1. The number of hydrazine groups is 1. The third kappa shape index (κ3) is 3.93. The second-order valence-electron chi connectivity index (χ2n) is 9.96. The van der Waals surface area contributed by atoms with Crippen molar-refractivity contribution in [2.45, 2.75) is 74.9 Å². The van der Waals surface area contributed by atoms with Crippen LogP contribution in [0.5, 0.6) is 0 Å². The van der Waals surface area contributed by atoms with E-state index in [2.05, 4.69) is 60.2 Å². The molecule has 1 aliphatic heterocycles. The number of Topliss-reactive ketones (excluding diaryl/α,β-unsaturated/α-hetero) is 1. The molecule has 3 fully saturated rings. The summed E-state index contributed by atoms with van der Waals surface area (Å²) in [6.45, 7) is 0. The fraction of sp³-hybridized carbons (Fsp3) is 0.667. The Morgan fingerprint density at radius 1 is 1.13 bits per heavy atom. The maximum atomic E-state index is 12.5. The van der Waals surface area contributed by atoms with E-state index in [1.165, 1.54) is 12.0 Å². The number of benzene rings is 1. The highest BCUT2D eigenvalue weighted by molar-refractivity contribution is 6.33. The van der Waals surface area contributed by atoms with E-state index in [0.717, 1.165) is 44.9 Å². The quantitative estimate of drug-likeness (QED) is 0.596. The minimum Gasteiger partial charge on any atom is -0.475 e. The van der Waals surface area contributed by atoms with Crippen LogP contribution in [0.4, 0.5) is 0 Å². The lowest BCUT2D eigenvalue weighted by atomic mass is 9.66. The number of rotatable bonds is 7. The van der Waals surface area contributed by atoms with E-state index in [0.29, 0.717) is 12.3 Å². The van der Waals surface area contributed by atoms with Crippen molar-refractivity contribution in [2.24, 2.45) is 11.8 Å². The van der Waals surface area contributed by atoms with Crippen LogP contribution in [0, 0.1) is 11.8 Å². The number of carbonyl (C=O) groups excluding carboxylic acids is 1. The summed E-state index contributed by atoms with van der Waals surface area (Å²) in [6.07, 6.45) is 9.03. The van der Waals surface area contributed by atoms with Crippen molar-refractivity contribution in [3.63, 3.8) is 0 Å². The van der Waals surface area contributed by atoms with E-state index >= 15 is 0 Å². The highest BCUT2D eigenvalue weighted by atomic mass is 16.4. The van der Waals surface area contributed by atoms with Crippen molar-refractivity contribution < 1.29 is 14.7 Å².